The predicted octanol–water partition coefficient (Wildman–Crippen LogP) is 4.68. The zero-order chi connectivity index (χ0) is 18.1. The average Bonchev–Trinajstić information content (AvgIpc) is 3.31. The molecule has 2 aromatic carbocycles. The van der Waals surface area contributed by atoms with E-state index in [4.69, 9.17) is 16.1 Å². The van der Waals surface area contributed by atoms with Crippen LogP contribution in [0.2, 0.25) is 5.02 Å². The molecule has 1 unspecified atom stereocenters. The monoisotopic (exact) mass is 367 g/mol. The molecule has 6 heteroatoms. The van der Waals surface area contributed by atoms with E-state index < -0.39 is 0 Å². The first-order valence-electron chi connectivity index (χ1n) is 8.59. The second kappa shape index (κ2) is 6.92. The fourth-order valence-corrected chi connectivity index (χ4v) is 3.54. The maximum Gasteiger partial charge on any atom is 0.254 e. The number of carbonyl (C=O) groups is 1. The number of carbonyl (C=O) groups excluding carboxylic acids is 1. The molecule has 0 saturated carbocycles. The van der Waals surface area contributed by atoms with Crippen molar-refractivity contribution in [3.05, 3.63) is 70.6 Å². The van der Waals surface area contributed by atoms with Gasteiger partial charge in [0.05, 0.1) is 0 Å². The van der Waals surface area contributed by atoms with Crippen LogP contribution < -0.4 is 0 Å². The van der Waals surface area contributed by atoms with Crippen LogP contribution in [-0.2, 0) is 0 Å². The minimum atomic E-state index is -0.192. The molecule has 1 fully saturated rings. The van der Waals surface area contributed by atoms with Gasteiger partial charge in [-0.3, -0.25) is 4.79 Å². The zero-order valence-electron chi connectivity index (χ0n) is 14.4. The van der Waals surface area contributed by atoms with Gasteiger partial charge in [0.2, 0.25) is 11.7 Å². The fraction of sp³-hybridized carbons (Fsp3) is 0.250. The quantitative estimate of drug-likeness (QED) is 0.674. The number of hydrogen-bond acceptors (Lipinski definition) is 4. The molecule has 1 amide bonds. The minimum Gasteiger partial charge on any atom is -0.337 e. The summed E-state index contributed by atoms with van der Waals surface area (Å²) >= 11 is 6.04. The van der Waals surface area contributed by atoms with Gasteiger partial charge in [0.1, 0.15) is 6.04 Å². The first-order chi connectivity index (χ1) is 12.6. The Morgan fingerprint density at radius 2 is 2.08 bits per heavy atom. The van der Waals surface area contributed by atoms with Gasteiger partial charge in [-0.1, -0.05) is 47.1 Å². The molecule has 1 aromatic heterocycles. The van der Waals surface area contributed by atoms with Crippen molar-refractivity contribution in [2.24, 2.45) is 0 Å². The number of nitrogens with zero attached hydrogens (tertiary/aromatic N) is 3. The van der Waals surface area contributed by atoms with Crippen LogP contribution in [0.4, 0.5) is 0 Å². The number of rotatable bonds is 3. The highest BCUT2D eigenvalue weighted by molar-refractivity contribution is 6.30. The Labute approximate surface area is 156 Å². The Kier molecular flexibility index (Phi) is 4.47. The summed E-state index contributed by atoms with van der Waals surface area (Å²) in [6, 6.07) is 14.7. The summed E-state index contributed by atoms with van der Waals surface area (Å²) in [6.45, 7) is 2.63. The highest BCUT2D eigenvalue weighted by Gasteiger charge is 2.35. The van der Waals surface area contributed by atoms with Crippen LogP contribution in [0, 0.1) is 6.92 Å². The lowest BCUT2D eigenvalue weighted by Gasteiger charge is -2.22. The number of hydrogen-bond donors (Lipinski definition) is 0. The Morgan fingerprint density at radius 3 is 2.88 bits per heavy atom. The number of benzene rings is 2. The third-order valence-corrected chi connectivity index (χ3v) is 4.93. The van der Waals surface area contributed by atoms with Crippen molar-refractivity contribution in [3.8, 4) is 11.4 Å². The summed E-state index contributed by atoms with van der Waals surface area (Å²) in [6.07, 6.45) is 1.73. The zero-order valence-corrected chi connectivity index (χ0v) is 15.1. The SMILES string of the molecule is Cc1ccccc1C(=O)N1CCCC1c1nc(-c2cccc(Cl)c2)no1. The smallest absolute Gasteiger partial charge is 0.254 e. The van der Waals surface area contributed by atoms with Crippen LogP contribution in [-0.4, -0.2) is 27.5 Å². The molecule has 1 aliphatic heterocycles. The summed E-state index contributed by atoms with van der Waals surface area (Å²) in [5, 5.41) is 4.69. The van der Waals surface area contributed by atoms with Crippen molar-refractivity contribution < 1.29 is 9.32 Å². The maximum atomic E-state index is 13.0. The molecule has 26 heavy (non-hydrogen) atoms. The molecule has 3 aromatic rings. The van der Waals surface area contributed by atoms with E-state index >= 15 is 0 Å². The summed E-state index contributed by atoms with van der Waals surface area (Å²) in [4.78, 5) is 19.3. The molecule has 0 spiro atoms. The lowest BCUT2D eigenvalue weighted by atomic mass is 10.1. The van der Waals surface area contributed by atoms with E-state index in [2.05, 4.69) is 10.1 Å². The van der Waals surface area contributed by atoms with Crippen LogP contribution in [0.25, 0.3) is 11.4 Å². The van der Waals surface area contributed by atoms with Crippen molar-refractivity contribution >= 4 is 17.5 Å². The lowest BCUT2D eigenvalue weighted by molar-refractivity contribution is 0.0709. The number of aryl methyl sites for hydroxylation is 1. The Hall–Kier alpha value is -2.66. The number of amides is 1. The van der Waals surface area contributed by atoms with Crippen LogP contribution in [0.15, 0.2) is 53.1 Å². The molecule has 1 aliphatic rings. The van der Waals surface area contributed by atoms with Crippen LogP contribution in [0.3, 0.4) is 0 Å². The molecule has 132 valence electrons. The predicted molar refractivity (Wildman–Crippen MR) is 98.9 cm³/mol. The Morgan fingerprint density at radius 1 is 1.23 bits per heavy atom. The largest absolute Gasteiger partial charge is 0.337 e. The van der Waals surface area contributed by atoms with Crippen molar-refractivity contribution in [2.45, 2.75) is 25.8 Å². The highest BCUT2D eigenvalue weighted by atomic mass is 35.5. The molecular formula is C20H18ClN3O2. The average molecular weight is 368 g/mol. The van der Waals surface area contributed by atoms with E-state index in [-0.39, 0.29) is 11.9 Å². The Balaban J connectivity index is 1.61. The lowest BCUT2D eigenvalue weighted by Crippen LogP contribution is -2.31. The van der Waals surface area contributed by atoms with Crippen molar-refractivity contribution in [3.63, 3.8) is 0 Å². The van der Waals surface area contributed by atoms with E-state index in [0.717, 1.165) is 24.0 Å². The topological polar surface area (TPSA) is 59.2 Å². The molecule has 0 radical (unpaired) electrons. The summed E-state index contributed by atoms with van der Waals surface area (Å²) in [5.41, 5.74) is 2.48. The van der Waals surface area contributed by atoms with Crippen LogP contribution in [0.1, 0.15) is 40.7 Å². The highest BCUT2D eigenvalue weighted by Crippen LogP contribution is 2.33. The van der Waals surface area contributed by atoms with Gasteiger partial charge in [-0.15, -0.1) is 0 Å². The van der Waals surface area contributed by atoms with E-state index in [0.29, 0.717) is 28.8 Å². The van der Waals surface area contributed by atoms with Crippen molar-refractivity contribution in [2.75, 3.05) is 6.54 Å². The molecule has 1 saturated heterocycles. The summed E-state index contributed by atoms with van der Waals surface area (Å²) < 4.78 is 5.49. The van der Waals surface area contributed by atoms with Crippen LogP contribution >= 0.6 is 11.6 Å². The van der Waals surface area contributed by atoms with E-state index in [1.807, 2.05) is 48.2 Å². The number of halogens is 1. The van der Waals surface area contributed by atoms with Gasteiger partial charge in [-0.2, -0.15) is 4.98 Å². The molecule has 0 bridgehead atoms. The molecule has 0 N–H and O–H groups in total. The van der Waals surface area contributed by atoms with Crippen molar-refractivity contribution in [1.29, 1.82) is 0 Å². The second-order valence-electron chi connectivity index (χ2n) is 6.44. The van der Waals surface area contributed by atoms with E-state index in [1.165, 1.54) is 0 Å². The molecule has 1 atom stereocenters. The van der Waals surface area contributed by atoms with Gasteiger partial charge < -0.3 is 9.42 Å². The number of aromatic nitrogens is 2. The van der Waals surface area contributed by atoms with E-state index in [1.54, 1.807) is 12.1 Å². The maximum absolute atomic E-state index is 13.0. The van der Waals surface area contributed by atoms with Gasteiger partial charge >= 0.3 is 0 Å². The summed E-state index contributed by atoms with van der Waals surface area (Å²) in [7, 11) is 0. The molecule has 2 heterocycles. The standard InChI is InChI=1S/C20H18ClN3O2/c1-13-6-2-3-9-16(13)20(25)24-11-5-10-17(24)19-22-18(23-26-19)14-7-4-8-15(21)12-14/h2-4,6-9,12,17H,5,10-11H2,1H3. The van der Waals surface area contributed by atoms with Gasteiger partial charge in [0.25, 0.3) is 5.91 Å². The normalized spacial score (nSPS) is 16.8. The molecule has 5 nitrogen and oxygen atoms in total. The first kappa shape index (κ1) is 16.8. The van der Waals surface area contributed by atoms with Gasteiger partial charge in [0.15, 0.2) is 0 Å². The van der Waals surface area contributed by atoms with Gasteiger partial charge in [-0.05, 0) is 43.5 Å². The number of likely N-dealkylation sites (tertiary alicyclic amines) is 1. The van der Waals surface area contributed by atoms with E-state index in [9.17, 15) is 4.79 Å². The van der Waals surface area contributed by atoms with Crippen molar-refractivity contribution in [1.82, 2.24) is 15.0 Å². The molecular weight excluding hydrogens is 350 g/mol. The van der Waals surface area contributed by atoms with Crippen LogP contribution in [0.5, 0.6) is 0 Å². The van der Waals surface area contributed by atoms with Gasteiger partial charge in [-0.25, -0.2) is 0 Å². The molecule has 0 aliphatic carbocycles. The third-order valence-electron chi connectivity index (χ3n) is 4.70. The first-order valence-corrected chi connectivity index (χ1v) is 8.97. The Bertz CT molecular complexity index is 953. The minimum absolute atomic E-state index is 0.00751. The molecule has 4 rings (SSSR count). The summed E-state index contributed by atoms with van der Waals surface area (Å²) in [5.74, 6) is 0.963. The van der Waals surface area contributed by atoms with Gasteiger partial charge in [0, 0.05) is 22.7 Å². The second-order valence-corrected chi connectivity index (χ2v) is 6.87. The third kappa shape index (κ3) is 3.10. The fourth-order valence-electron chi connectivity index (χ4n) is 3.35.